The number of ether oxygens (including phenoxy) is 1. The van der Waals surface area contributed by atoms with Crippen molar-refractivity contribution in [3.8, 4) is 0 Å². The first-order valence-electron chi connectivity index (χ1n) is 9.70. The SMILES string of the molecule is C/C=C/C1=C(C(F)(F)F)O[C@H](CCO)[C@@H](c2ccccc2C)[C@@H]1c1ccccc1. The summed E-state index contributed by atoms with van der Waals surface area (Å²) in [5, 5.41) is 9.58. The first-order chi connectivity index (χ1) is 13.9. The van der Waals surface area contributed by atoms with Crippen LogP contribution in [0.5, 0.6) is 0 Å². The van der Waals surface area contributed by atoms with E-state index in [1.165, 1.54) is 6.08 Å². The van der Waals surface area contributed by atoms with Gasteiger partial charge in [0.15, 0.2) is 0 Å². The van der Waals surface area contributed by atoms with Crippen molar-refractivity contribution < 1.29 is 23.0 Å². The zero-order valence-electron chi connectivity index (χ0n) is 16.5. The van der Waals surface area contributed by atoms with Gasteiger partial charge in [-0.1, -0.05) is 66.7 Å². The molecule has 1 aliphatic heterocycles. The molecule has 0 aromatic heterocycles. The maximum atomic E-state index is 13.9. The molecule has 3 rings (SSSR count). The Morgan fingerprint density at radius 2 is 1.69 bits per heavy atom. The van der Waals surface area contributed by atoms with Gasteiger partial charge in [0.1, 0.15) is 6.10 Å². The molecule has 2 aromatic carbocycles. The van der Waals surface area contributed by atoms with E-state index in [0.717, 1.165) is 16.7 Å². The van der Waals surface area contributed by atoms with Gasteiger partial charge in [-0.15, -0.1) is 0 Å². The Kier molecular flexibility index (Phi) is 6.48. The minimum Gasteiger partial charge on any atom is -0.485 e. The topological polar surface area (TPSA) is 29.5 Å². The van der Waals surface area contributed by atoms with Crippen LogP contribution in [0.4, 0.5) is 13.2 Å². The number of aliphatic hydroxyl groups is 1. The van der Waals surface area contributed by atoms with Crippen molar-refractivity contribution in [3.63, 3.8) is 0 Å². The van der Waals surface area contributed by atoms with Crippen LogP contribution in [0.2, 0.25) is 0 Å². The van der Waals surface area contributed by atoms with Gasteiger partial charge in [-0.25, -0.2) is 0 Å². The van der Waals surface area contributed by atoms with Gasteiger partial charge in [0.25, 0.3) is 0 Å². The zero-order valence-corrected chi connectivity index (χ0v) is 16.5. The van der Waals surface area contributed by atoms with Crippen LogP contribution in [0.25, 0.3) is 0 Å². The highest BCUT2D eigenvalue weighted by Crippen LogP contribution is 2.51. The van der Waals surface area contributed by atoms with Crippen molar-refractivity contribution >= 4 is 0 Å². The number of halogens is 3. The van der Waals surface area contributed by atoms with Gasteiger partial charge in [-0.2, -0.15) is 13.2 Å². The van der Waals surface area contributed by atoms with Crippen LogP contribution in [-0.2, 0) is 4.74 Å². The van der Waals surface area contributed by atoms with E-state index < -0.39 is 24.0 Å². The Morgan fingerprint density at radius 3 is 2.28 bits per heavy atom. The molecule has 0 saturated heterocycles. The lowest BCUT2D eigenvalue weighted by molar-refractivity contribution is -0.150. The molecule has 0 fully saturated rings. The highest BCUT2D eigenvalue weighted by atomic mass is 19.4. The number of hydrogen-bond donors (Lipinski definition) is 1. The lowest BCUT2D eigenvalue weighted by atomic mass is 9.70. The average molecular weight is 402 g/mol. The average Bonchev–Trinajstić information content (AvgIpc) is 2.69. The van der Waals surface area contributed by atoms with Crippen molar-refractivity contribution in [3.05, 3.63) is 94.8 Å². The largest absolute Gasteiger partial charge is 0.485 e. The number of alkyl halides is 3. The second-order valence-electron chi connectivity index (χ2n) is 7.22. The Balaban J connectivity index is 2.31. The van der Waals surface area contributed by atoms with Crippen molar-refractivity contribution in [2.75, 3.05) is 6.61 Å². The molecule has 0 saturated carbocycles. The molecule has 154 valence electrons. The fourth-order valence-corrected chi connectivity index (χ4v) is 4.19. The van der Waals surface area contributed by atoms with E-state index in [1.54, 1.807) is 13.0 Å². The maximum Gasteiger partial charge on any atom is 0.449 e. The molecule has 3 atom stereocenters. The fourth-order valence-electron chi connectivity index (χ4n) is 4.19. The summed E-state index contributed by atoms with van der Waals surface area (Å²) >= 11 is 0. The Morgan fingerprint density at radius 1 is 1.03 bits per heavy atom. The minimum absolute atomic E-state index is 0.116. The Bertz CT molecular complexity index is 884. The molecule has 0 unspecified atom stereocenters. The van der Waals surface area contributed by atoms with Gasteiger partial charge in [0.2, 0.25) is 5.76 Å². The van der Waals surface area contributed by atoms with Gasteiger partial charge in [-0.3, -0.25) is 0 Å². The fraction of sp³-hybridized carbons (Fsp3) is 0.333. The Labute approximate surface area is 169 Å². The van der Waals surface area contributed by atoms with Crippen LogP contribution < -0.4 is 0 Å². The normalized spacial score (nSPS) is 22.8. The quantitative estimate of drug-likeness (QED) is 0.661. The molecule has 29 heavy (non-hydrogen) atoms. The lowest BCUT2D eigenvalue weighted by Gasteiger charge is -2.42. The highest BCUT2D eigenvalue weighted by Gasteiger charge is 2.49. The molecule has 0 aliphatic carbocycles. The third-order valence-electron chi connectivity index (χ3n) is 5.35. The summed E-state index contributed by atoms with van der Waals surface area (Å²) in [5.41, 5.74) is 2.83. The van der Waals surface area contributed by atoms with Crippen LogP contribution in [0.1, 0.15) is 41.9 Å². The second-order valence-corrected chi connectivity index (χ2v) is 7.22. The van der Waals surface area contributed by atoms with Crippen LogP contribution >= 0.6 is 0 Å². The second kappa shape index (κ2) is 8.87. The van der Waals surface area contributed by atoms with Crippen molar-refractivity contribution in [1.29, 1.82) is 0 Å². The van der Waals surface area contributed by atoms with E-state index in [1.807, 2.05) is 61.5 Å². The number of aliphatic hydroxyl groups excluding tert-OH is 1. The maximum absolute atomic E-state index is 13.9. The molecule has 0 radical (unpaired) electrons. The minimum atomic E-state index is -4.62. The van der Waals surface area contributed by atoms with Crippen LogP contribution in [-0.4, -0.2) is 24.0 Å². The van der Waals surface area contributed by atoms with E-state index in [4.69, 9.17) is 4.74 Å². The van der Waals surface area contributed by atoms with Gasteiger partial charge in [0, 0.05) is 30.4 Å². The highest BCUT2D eigenvalue weighted by molar-refractivity contribution is 5.46. The van der Waals surface area contributed by atoms with E-state index in [2.05, 4.69) is 0 Å². The molecule has 0 amide bonds. The predicted octanol–water partition coefficient (Wildman–Crippen LogP) is 6.04. The van der Waals surface area contributed by atoms with Gasteiger partial charge in [-0.05, 0) is 30.5 Å². The molecule has 2 nitrogen and oxygen atoms in total. The van der Waals surface area contributed by atoms with Gasteiger partial charge >= 0.3 is 6.18 Å². The Hall–Kier alpha value is -2.53. The molecule has 1 heterocycles. The zero-order chi connectivity index (χ0) is 21.0. The molecule has 5 heteroatoms. The third kappa shape index (κ3) is 4.40. The molecule has 1 aliphatic rings. The smallest absolute Gasteiger partial charge is 0.449 e. The summed E-state index contributed by atoms with van der Waals surface area (Å²) in [6.07, 6.45) is -2.18. The molecule has 0 spiro atoms. The van der Waals surface area contributed by atoms with Crippen LogP contribution in [0, 0.1) is 6.92 Å². The monoisotopic (exact) mass is 402 g/mol. The first-order valence-corrected chi connectivity index (χ1v) is 9.70. The summed E-state index contributed by atoms with van der Waals surface area (Å²) < 4.78 is 47.4. The van der Waals surface area contributed by atoms with E-state index in [9.17, 15) is 18.3 Å². The molecular weight excluding hydrogens is 377 g/mol. The number of rotatable bonds is 5. The van der Waals surface area contributed by atoms with Crippen LogP contribution in [0.15, 0.2) is 78.1 Å². The van der Waals surface area contributed by atoms with E-state index >= 15 is 0 Å². The van der Waals surface area contributed by atoms with E-state index in [-0.39, 0.29) is 24.5 Å². The van der Waals surface area contributed by atoms with E-state index in [0.29, 0.717) is 0 Å². The number of hydrogen-bond acceptors (Lipinski definition) is 2. The van der Waals surface area contributed by atoms with Crippen molar-refractivity contribution in [2.45, 2.75) is 44.4 Å². The molecule has 1 N–H and O–H groups in total. The molecular formula is C24H25F3O2. The van der Waals surface area contributed by atoms with Crippen molar-refractivity contribution in [2.24, 2.45) is 0 Å². The van der Waals surface area contributed by atoms with Crippen molar-refractivity contribution in [1.82, 2.24) is 0 Å². The van der Waals surface area contributed by atoms with Gasteiger partial charge < -0.3 is 9.84 Å². The molecule has 0 bridgehead atoms. The number of allylic oxidation sites excluding steroid dienone is 4. The summed E-state index contributed by atoms with van der Waals surface area (Å²) in [4.78, 5) is 0. The molecule has 2 aromatic rings. The summed E-state index contributed by atoms with van der Waals surface area (Å²) in [6, 6.07) is 16.9. The summed E-state index contributed by atoms with van der Waals surface area (Å²) in [5.74, 6) is -1.87. The number of benzene rings is 2. The van der Waals surface area contributed by atoms with Crippen LogP contribution in [0.3, 0.4) is 0 Å². The predicted molar refractivity (Wildman–Crippen MR) is 108 cm³/mol. The summed E-state index contributed by atoms with van der Waals surface area (Å²) in [7, 11) is 0. The summed E-state index contributed by atoms with van der Waals surface area (Å²) in [6.45, 7) is 3.40. The standard InChI is InChI=1S/C24H25F3O2/c1-3-9-19-21(17-11-5-4-6-12-17)22(18-13-8-7-10-16(18)2)20(14-15-28)29-23(19)24(25,26)27/h3-13,20-22,28H,14-15H2,1-2H3/b9-3+/t20-,21-,22-/m1/s1. The number of aryl methyl sites for hydroxylation is 1. The lowest BCUT2D eigenvalue weighted by Crippen LogP contribution is -2.38. The first kappa shape index (κ1) is 21.2. The van der Waals surface area contributed by atoms with Gasteiger partial charge in [0.05, 0.1) is 0 Å². The third-order valence-corrected chi connectivity index (χ3v) is 5.35.